The Morgan fingerprint density at radius 1 is 1.53 bits per heavy atom. The highest BCUT2D eigenvalue weighted by molar-refractivity contribution is 14.1. The Morgan fingerprint density at radius 3 is 2.63 bits per heavy atom. The van der Waals surface area contributed by atoms with Gasteiger partial charge < -0.3 is 10.4 Å². The number of halogens is 1. The lowest BCUT2D eigenvalue weighted by molar-refractivity contribution is -0.384. The Kier molecular flexibility index (Phi) is 5.21. The van der Waals surface area contributed by atoms with Crippen molar-refractivity contribution >= 4 is 40.2 Å². The average Bonchev–Trinajstić information content (AvgIpc) is 2.35. The van der Waals surface area contributed by atoms with Gasteiger partial charge in [0.2, 0.25) is 0 Å². The first-order valence-electron chi connectivity index (χ1n) is 5.34. The molecule has 7 nitrogen and oxygen atoms in total. The molecule has 1 aromatic carbocycles. The molecule has 19 heavy (non-hydrogen) atoms. The van der Waals surface area contributed by atoms with Crippen LogP contribution in [-0.2, 0) is 4.79 Å². The summed E-state index contributed by atoms with van der Waals surface area (Å²) in [5.41, 5.74) is -0.122. The molecule has 8 heteroatoms. The highest BCUT2D eigenvalue weighted by atomic mass is 127. The molecule has 0 heterocycles. The number of nitrogens with zero attached hydrogens (tertiary/aromatic N) is 1. The molecule has 1 amide bonds. The highest BCUT2D eigenvalue weighted by Gasteiger charge is 2.21. The molecule has 0 aromatic heterocycles. The largest absolute Gasteiger partial charge is 0.480 e. The molecule has 0 fully saturated rings. The minimum Gasteiger partial charge on any atom is -0.480 e. The van der Waals surface area contributed by atoms with Crippen LogP contribution in [0.25, 0.3) is 0 Å². The van der Waals surface area contributed by atoms with Crippen LogP contribution in [0.5, 0.6) is 0 Å². The van der Waals surface area contributed by atoms with Crippen LogP contribution >= 0.6 is 22.6 Å². The maximum Gasteiger partial charge on any atom is 0.326 e. The summed E-state index contributed by atoms with van der Waals surface area (Å²) in [4.78, 5) is 32.8. The van der Waals surface area contributed by atoms with Gasteiger partial charge in [-0.1, -0.05) is 6.92 Å². The second-order valence-electron chi connectivity index (χ2n) is 3.69. The minimum atomic E-state index is -1.14. The molecule has 2 N–H and O–H groups in total. The summed E-state index contributed by atoms with van der Waals surface area (Å²) in [7, 11) is 0. The predicted molar refractivity (Wildman–Crippen MR) is 75.0 cm³/mol. The van der Waals surface area contributed by atoms with Gasteiger partial charge in [0.1, 0.15) is 6.04 Å². The van der Waals surface area contributed by atoms with Crippen LogP contribution < -0.4 is 5.32 Å². The van der Waals surface area contributed by atoms with E-state index in [9.17, 15) is 19.7 Å². The van der Waals surface area contributed by atoms with Crippen molar-refractivity contribution in [2.75, 3.05) is 0 Å². The van der Waals surface area contributed by atoms with Crippen molar-refractivity contribution in [3.8, 4) is 0 Å². The van der Waals surface area contributed by atoms with Gasteiger partial charge in [-0.25, -0.2) is 4.79 Å². The molecule has 0 radical (unpaired) electrons. The quantitative estimate of drug-likeness (QED) is 0.461. The third-order valence-corrected chi connectivity index (χ3v) is 3.36. The van der Waals surface area contributed by atoms with Crippen LogP contribution in [0.2, 0.25) is 0 Å². The van der Waals surface area contributed by atoms with Crippen LogP contribution in [0.1, 0.15) is 23.7 Å². The van der Waals surface area contributed by atoms with Crippen LogP contribution in [0.4, 0.5) is 5.69 Å². The standard InChI is InChI=1S/C11H11IN2O5/c1-2-9(11(16)17)13-10(15)7-5-6(14(18)19)3-4-8(7)12/h3-5,9H,2H2,1H3,(H,13,15)(H,16,17). The predicted octanol–water partition coefficient (Wildman–Crippen LogP) is 1.79. The van der Waals surface area contributed by atoms with Crippen molar-refractivity contribution in [2.45, 2.75) is 19.4 Å². The van der Waals surface area contributed by atoms with E-state index in [2.05, 4.69) is 5.32 Å². The molecule has 1 rings (SSSR count). The molecular formula is C11H11IN2O5. The SMILES string of the molecule is CCC(NC(=O)c1cc([N+](=O)[O-])ccc1I)C(=O)O. The van der Waals surface area contributed by atoms with E-state index in [4.69, 9.17) is 5.11 Å². The number of hydrogen-bond acceptors (Lipinski definition) is 4. The second-order valence-corrected chi connectivity index (χ2v) is 4.86. The van der Waals surface area contributed by atoms with Gasteiger partial charge >= 0.3 is 5.97 Å². The Morgan fingerprint density at radius 2 is 2.16 bits per heavy atom. The topological polar surface area (TPSA) is 110 Å². The normalized spacial score (nSPS) is 11.7. The van der Waals surface area contributed by atoms with Crippen LogP contribution in [-0.4, -0.2) is 27.9 Å². The Hall–Kier alpha value is -1.71. The van der Waals surface area contributed by atoms with Gasteiger partial charge in [-0.2, -0.15) is 0 Å². The number of carbonyl (C=O) groups excluding carboxylic acids is 1. The number of amides is 1. The van der Waals surface area contributed by atoms with Crippen LogP contribution in [0.15, 0.2) is 18.2 Å². The van der Waals surface area contributed by atoms with E-state index in [0.29, 0.717) is 3.57 Å². The summed E-state index contributed by atoms with van der Waals surface area (Å²) in [6.07, 6.45) is 0.229. The highest BCUT2D eigenvalue weighted by Crippen LogP contribution is 2.19. The fourth-order valence-electron chi connectivity index (χ4n) is 1.38. The molecule has 1 unspecified atom stereocenters. The molecule has 1 atom stereocenters. The number of non-ortho nitro benzene ring substituents is 1. The number of nitrogens with one attached hydrogen (secondary N) is 1. The number of aliphatic carboxylic acids is 1. The zero-order valence-corrected chi connectivity index (χ0v) is 12.1. The van der Waals surface area contributed by atoms with E-state index in [1.54, 1.807) is 6.92 Å². The maximum atomic E-state index is 11.9. The van der Waals surface area contributed by atoms with Crippen molar-refractivity contribution in [1.82, 2.24) is 5.32 Å². The van der Waals surface area contributed by atoms with Crippen molar-refractivity contribution < 1.29 is 19.6 Å². The molecule has 1 aromatic rings. The lowest BCUT2D eigenvalue weighted by Gasteiger charge is -2.12. The van der Waals surface area contributed by atoms with Crippen molar-refractivity contribution in [2.24, 2.45) is 0 Å². The number of carboxylic acids is 1. The van der Waals surface area contributed by atoms with Crippen molar-refractivity contribution in [3.05, 3.63) is 37.4 Å². The Bertz CT molecular complexity index is 532. The summed E-state index contributed by atoms with van der Waals surface area (Å²) in [6.45, 7) is 1.62. The summed E-state index contributed by atoms with van der Waals surface area (Å²) in [5.74, 6) is -1.78. The van der Waals surface area contributed by atoms with Gasteiger partial charge in [0, 0.05) is 15.7 Å². The minimum absolute atomic E-state index is 0.0921. The first kappa shape index (κ1) is 15.3. The molecule has 0 aliphatic rings. The number of benzene rings is 1. The molecule has 0 spiro atoms. The number of hydrogen-bond donors (Lipinski definition) is 2. The molecule has 0 aliphatic heterocycles. The second kappa shape index (κ2) is 6.45. The Labute approximate surface area is 122 Å². The molecular weight excluding hydrogens is 367 g/mol. The number of carbonyl (C=O) groups is 2. The van der Waals surface area contributed by atoms with Gasteiger partial charge in [0.15, 0.2) is 0 Å². The van der Waals surface area contributed by atoms with Crippen molar-refractivity contribution in [3.63, 3.8) is 0 Å². The number of nitro groups is 1. The van der Waals surface area contributed by atoms with Gasteiger partial charge in [0.05, 0.1) is 10.5 Å². The molecule has 0 bridgehead atoms. The number of nitro benzene ring substituents is 1. The van der Waals surface area contributed by atoms with E-state index in [-0.39, 0.29) is 17.7 Å². The zero-order chi connectivity index (χ0) is 14.6. The van der Waals surface area contributed by atoms with Gasteiger partial charge in [-0.05, 0) is 35.1 Å². The summed E-state index contributed by atoms with van der Waals surface area (Å²) < 4.78 is 0.515. The third-order valence-electron chi connectivity index (χ3n) is 2.42. The first-order valence-corrected chi connectivity index (χ1v) is 6.42. The van der Waals surface area contributed by atoms with Crippen molar-refractivity contribution in [1.29, 1.82) is 0 Å². The summed E-state index contributed by atoms with van der Waals surface area (Å²) in [6, 6.07) is 2.84. The maximum absolute atomic E-state index is 11.9. The monoisotopic (exact) mass is 378 g/mol. The van der Waals surface area contributed by atoms with E-state index >= 15 is 0 Å². The fraction of sp³-hybridized carbons (Fsp3) is 0.273. The van der Waals surface area contributed by atoms with Crippen LogP contribution in [0, 0.1) is 13.7 Å². The van der Waals surface area contributed by atoms with Gasteiger partial charge in [0.25, 0.3) is 11.6 Å². The summed E-state index contributed by atoms with van der Waals surface area (Å²) in [5, 5.41) is 21.8. The number of carboxylic acid groups (broad SMARTS) is 1. The average molecular weight is 378 g/mol. The Balaban J connectivity index is 3.02. The van der Waals surface area contributed by atoms with E-state index < -0.39 is 22.8 Å². The van der Waals surface area contributed by atoms with E-state index in [1.807, 2.05) is 22.6 Å². The van der Waals surface area contributed by atoms with Crippen LogP contribution in [0.3, 0.4) is 0 Å². The summed E-state index contributed by atoms with van der Waals surface area (Å²) >= 11 is 1.86. The van der Waals surface area contributed by atoms with Gasteiger partial charge in [-0.3, -0.25) is 14.9 Å². The third kappa shape index (κ3) is 3.88. The van der Waals surface area contributed by atoms with E-state index in [1.165, 1.54) is 12.1 Å². The molecule has 0 aliphatic carbocycles. The molecule has 0 saturated carbocycles. The lowest BCUT2D eigenvalue weighted by Crippen LogP contribution is -2.40. The van der Waals surface area contributed by atoms with Gasteiger partial charge in [-0.15, -0.1) is 0 Å². The molecule has 0 saturated heterocycles. The lowest BCUT2D eigenvalue weighted by atomic mass is 10.1. The fourth-order valence-corrected chi connectivity index (χ4v) is 1.96. The first-order chi connectivity index (χ1) is 8.86. The smallest absolute Gasteiger partial charge is 0.326 e. The molecule has 102 valence electrons. The van der Waals surface area contributed by atoms with E-state index in [0.717, 1.165) is 6.07 Å². The number of rotatable bonds is 5. The zero-order valence-electron chi connectivity index (χ0n) is 9.92.